The molecule has 3 rings (SSSR count). The number of sulfonamides is 1. The van der Waals surface area contributed by atoms with Gasteiger partial charge in [0.25, 0.3) is 10.0 Å². The van der Waals surface area contributed by atoms with Crippen molar-refractivity contribution in [1.29, 1.82) is 0 Å². The summed E-state index contributed by atoms with van der Waals surface area (Å²) in [6.45, 7) is 0.467. The molecule has 0 bridgehead atoms. The molecule has 1 heterocycles. The number of rotatable bonds is 4. The maximum Gasteiger partial charge on any atom is 0.266 e. The topological polar surface area (TPSA) is 72.5 Å². The average Bonchev–Trinajstić information content (AvgIpc) is 2.55. The van der Waals surface area contributed by atoms with Gasteiger partial charge in [0, 0.05) is 6.42 Å². The SMILES string of the molecule is O=C(C[C@H]1CCOc2ccccc21)NS(=O)(=O)c1ccccc1F. The first kappa shape index (κ1) is 16.4. The van der Waals surface area contributed by atoms with Crippen molar-refractivity contribution >= 4 is 15.9 Å². The highest BCUT2D eigenvalue weighted by Gasteiger charge is 2.26. The molecule has 1 amide bonds. The number of hydrogen-bond acceptors (Lipinski definition) is 4. The summed E-state index contributed by atoms with van der Waals surface area (Å²) in [5.74, 6) is -0.988. The lowest BCUT2D eigenvalue weighted by Crippen LogP contribution is -2.32. The highest BCUT2D eigenvalue weighted by Crippen LogP contribution is 2.35. The number of carbonyl (C=O) groups excluding carboxylic acids is 1. The van der Waals surface area contributed by atoms with Crippen LogP contribution >= 0.6 is 0 Å². The van der Waals surface area contributed by atoms with Crippen molar-refractivity contribution in [3.05, 3.63) is 59.9 Å². The number of amides is 1. The van der Waals surface area contributed by atoms with E-state index >= 15 is 0 Å². The van der Waals surface area contributed by atoms with Crippen LogP contribution < -0.4 is 9.46 Å². The van der Waals surface area contributed by atoms with Crippen LogP contribution in [-0.2, 0) is 14.8 Å². The van der Waals surface area contributed by atoms with Gasteiger partial charge in [-0.3, -0.25) is 4.79 Å². The Balaban J connectivity index is 1.74. The Hall–Kier alpha value is -2.41. The van der Waals surface area contributed by atoms with Crippen LogP contribution in [0.4, 0.5) is 4.39 Å². The van der Waals surface area contributed by atoms with Crippen LogP contribution in [-0.4, -0.2) is 20.9 Å². The van der Waals surface area contributed by atoms with Crippen LogP contribution in [0.3, 0.4) is 0 Å². The maximum atomic E-state index is 13.6. The Bertz CT molecular complexity index is 866. The Morgan fingerprint density at radius 1 is 1.17 bits per heavy atom. The molecular formula is C17H16FNO4S. The second-order valence-electron chi connectivity index (χ2n) is 5.54. The molecule has 1 atom stereocenters. The van der Waals surface area contributed by atoms with Crippen LogP contribution in [0.1, 0.15) is 24.3 Å². The molecule has 1 N–H and O–H groups in total. The minimum Gasteiger partial charge on any atom is -0.493 e. The number of benzene rings is 2. The van der Waals surface area contributed by atoms with Gasteiger partial charge in [-0.25, -0.2) is 17.5 Å². The Morgan fingerprint density at radius 3 is 2.67 bits per heavy atom. The van der Waals surface area contributed by atoms with Gasteiger partial charge in [0.15, 0.2) is 0 Å². The van der Waals surface area contributed by atoms with Crippen molar-refractivity contribution in [1.82, 2.24) is 4.72 Å². The first-order chi connectivity index (χ1) is 11.5. The Kier molecular flexibility index (Phi) is 4.53. The van der Waals surface area contributed by atoms with Crippen LogP contribution in [0, 0.1) is 5.82 Å². The quantitative estimate of drug-likeness (QED) is 0.921. The number of carbonyl (C=O) groups is 1. The minimum absolute atomic E-state index is 0.00590. The summed E-state index contributed by atoms with van der Waals surface area (Å²) in [6, 6.07) is 12.3. The second-order valence-corrected chi connectivity index (χ2v) is 7.19. The first-order valence-corrected chi connectivity index (χ1v) is 8.97. The molecule has 0 aromatic heterocycles. The lowest BCUT2D eigenvalue weighted by atomic mass is 9.90. The van der Waals surface area contributed by atoms with Gasteiger partial charge in [-0.05, 0) is 36.1 Å². The van der Waals surface area contributed by atoms with Crippen LogP contribution in [0.25, 0.3) is 0 Å². The molecule has 1 aliphatic heterocycles. The van der Waals surface area contributed by atoms with Gasteiger partial charge in [-0.15, -0.1) is 0 Å². The molecule has 2 aromatic rings. The third-order valence-electron chi connectivity index (χ3n) is 3.89. The van der Waals surface area contributed by atoms with Gasteiger partial charge in [0.1, 0.15) is 16.5 Å². The van der Waals surface area contributed by atoms with E-state index in [1.54, 1.807) is 0 Å². The van der Waals surface area contributed by atoms with Gasteiger partial charge in [-0.1, -0.05) is 30.3 Å². The number of fused-ring (bicyclic) bond motifs is 1. The van der Waals surface area contributed by atoms with E-state index in [2.05, 4.69) is 0 Å². The van der Waals surface area contributed by atoms with E-state index in [0.29, 0.717) is 18.8 Å². The smallest absolute Gasteiger partial charge is 0.266 e. The van der Waals surface area contributed by atoms with E-state index in [1.165, 1.54) is 12.1 Å². The van der Waals surface area contributed by atoms with Gasteiger partial charge < -0.3 is 4.74 Å². The fourth-order valence-electron chi connectivity index (χ4n) is 2.76. The molecule has 0 aliphatic carbocycles. The van der Waals surface area contributed by atoms with Crippen molar-refractivity contribution in [3.8, 4) is 5.75 Å². The van der Waals surface area contributed by atoms with E-state index in [0.717, 1.165) is 17.7 Å². The van der Waals surface area contributed by atoms with Gasteiger partial charge in [0.05, 0.1) is 6.61 Å². The summed E-state index contributed by atoms with van der Waals surface area (Å²) in [5, 5.41) is 0. The van der Waals surface area contributed by atoms with E-state index in [4.69, 9.17) is 4.74 Å². The van der Waals surface area contributed by atoms with E-state index < -0.39 is 26.6 Å². The lowest BCUT2D eigenvalue weighted by Gasteiger charge is -2.25. The van der Waals surface area contributed by atoms with Crippen molar-refractivity contribution in [2.45, 2.75) is 23.7 Å². The number of halogens is 1. The van der Waals surface area contributed by atoms with Crippen LogP contribution in [0.5, 0.6) is 5.75 Å². The second kappa shape index (κ2) is 6.60. The Morgan fingerprint density at radius 2 is 1.88 bits per heavy atom. The maximum absolute atomic E-state index is 13.6. The van der Waals surface area contributed by atoms with Crippen LogP contribution in [0.15, 0.2) is 53.4 Å². The standard InChI is InChI=1S/C17H16FNO4S/c18-14-6-2-4-8-16(14)24(21,22)19-17(20)11-12-9-10-23-15-7-3-1-5-13(12)15/h1-8,12H,9-11H2,(H,19,20)/t12-/m1/s1. The van der Waals surface area contributed by atoms with Crippen molar-refractivity contribution in [2.75, 3.05) is 6.61 Å². The summed E-state index contributed by atoms with van der Waals surface area (Å²) >= 11 is 0. The summed E-state index contributed by atoms with van der Waals surface area (Å²) < 4.78 is 45.4. The highest BCUT2D eigenvalue weighted by molar-refractivity contribution is 7.90. The zero-order valence-corrected chi connectivity index (χ0v) is 13.6. The summed E-state index contributed by atoms with van der Waals surface area (Å²) in [7, 11) is -4.22. The average molecular weight is 349 g/mol. The van der Waals surface area contributed by atoms with Gasteiger partial charge in [-0.2, -0.15) is 0 Å². The molecule has 0 radical (unpaired) electrons. The number of para-hydroxylation sites is 1. The summed E-state index contributed by atoms with van der Waals surface area (Å²) in [6.07, 6.45) is 0.609. The molecule has 0 unspecified atom stereocenters. The summed E-state index contributed by atoms with van der Waals surface area (Å²) in [5.41, 5.74) is 0.877. The van der Waals surface area contributed by atoms with Crippen molar-refractivity contribution < 1.29 is 22.3 Å². The molecule has 5 nitrogen and oxygen atoms in total. The van der Waals surface area contributed by atoms with E-state index in [-0.39, 0.29) is 12.3 Å². The highest BCUT2D eigenvalue weighted by atomic mass is 32.2. The number of hydrogen-bond donors (Lipinski definition) is 1. The molecule has 0 saturated carbocycles. The lowest BCUT2D eigenvalue weighted by molar-refractivity contribution is -0.119. The number of ether oxygens (including phenoxy) is 1. The molecule has 126 valence electrons. The largest absolute Gasteiger partial charge is 0.493 e. The van der Waals surface area contributed by atoms with Crippen molar-refractivity contribution in [2.24, 2.45) is 0 Å². The number of nitrogens with one attached hydrogen (secondary N) is 1. The molecule has 7 heteroatoms. The molecule has 0 spiro atoms. The van der Waals surface area contributed by atoms with Gasteiger partial charge in [0.2, 0.25) is 5.91 Å². The van der Waals surface area contributed by atoms with Gasteiger partial charge >= 0.3 is 0 Å². The molecule has 24 heavy (non-hydrogen) atoms. The minimum atomic E-state index is -4.22. The molecular weight excluding hydrogens is 333 g/mol. The molecule has 2 aromatic carbocycles. The van der Waals surface area contributed by atoms with E-state index in [1.807, 2.05) is 29.0 Å². The monoisotopic (exact) mass is 349 g/mol. The first-order valence-electron chi connectivity index (χ1n) is 7.49. The molecule has 0 fully saturated rings. The predicted octanol–water partition coefficient (Wildman–Crippen LogP) is 2.59. The zero-order chi connectivity index (χ0) is 17.2. The zero-order valence-electron chi connectivity index (χ0n) is 12.7. The van der Waals surface area contributed by atoms with Crippen molar-refractivity contribution in [3.63, 3.8) is 0 Å². The van der Waals surface area contributed by atoms with E-state index in [9.17, 15) is 17.6 Å². The predicted molar refractivity (Wildman–Crippen MR) is 85.6 cm³/mol. The molecule has 1 aliphatic rings. The molecule has 0 saturated heterocycles. The fraction of sp³-hybridized carbons (Fsp3) is 0.235. The Labute approximate surface area is 139 Å². The fourth-order valence-corrected chi connectivity index (χ4v) is 3.84. The third-order valence-corrected chi connectivity index (χ3v) is 5.30. The third kappa shape index (κ3) is 3.41. The van der Waals surface area contributed by atoms with Crippen LogP contribution in [0.2, 0.25) is 0 Å². The summed E-state index contributed by atoms with van der Waals surface area (Å²) in [4.78, 5) is 11.6. The normalized spacial score (nSPS) is 16.8.